The number of hydrogen-bond acceptors (Lipinski definition) is 8. The molecular weight excluding hydrogens is 380 g/mol. The van der Waals surface area contributed by atoms with Gasteiger partial charge in [-0.05, 0) is 18.9 Å². The molecule has 4 N–H and O–H groups in total. The highest BCUT2D eigenvalue weighted by molar-refractivity contribution is 6.31. The van der Waals surface area contributed by atoms with Crippen molar-refractivity contribution in [1.29, 1.82) is 0 Å². The highest BCUT2D eigenvalue weighted by atomic mass is 16.5. The summed E-state index contributed by atoms with van der Waals surface area (Å²) in [4.78, 5) is 38.1. The van der Waals surface area contributed by atoms with Crippen LogP contribution in [0.25, 0.3) is 0 Å². The molecule has 0 radical (unpaired) electrons. The largest absolute Gasteiger partial charge is 0.507 e. The average molecular weight is 398 g/mol. The van der Waals surface area contributed by atoms with Crippen molar-refractivity contribution >= 4 is 17.3 Å². The average Bonchev–Trinajstić information content (AvgIpc) is 2.72. The molecule has 2 atom stereocenters. The number of hydrogen-bond donors (Lipinski definition) is 4. The molecule has 4 rings (SSSR count). The third kappa shape index (κ3) is 2.56. The van der Waals surface area contributed by atoms with Crippen LogP contribution in [-0.4, -0.2) is 51.5 Å². The number of aliphatic hydroxyl groups excluding tert-OH is 2. The van der Waals surface area contributed by atoms with Crippen molar-refractivity contribution in [2.24, 2.45) is 5.92 Å². The van der Waals surface area contributed by atoms with E-state index in [0.717, 1.165) is 0 Å². The van der Waals surface area contributed by atoms with E-state index in [0.29, 0.717) is 0 Å². The van der Waals surface area contributed by atoms with Crippen molar-refractivity contribution in [1.82, 2.24) is 0 Å². The first-order valence-electron chi connectivity index (χ1n) is 9.00. The number of ether oxygens (including phenoxy) is 1. The van der Waals surface area contributed by atoms with Crippen LogP contribution in [-0.2, 0) is 11.2 Å². The van der Waals surface area contributed by atoms with Crippen LogP contribution in [0, 0.1) is 5.92 Å². The maximum Gasteiger partial charge on any atom is 0.202 e. The Morgan fingerprint density at radius 2 is 1.79 bits per heavy atom. The molecule has 0 bridgehead atoms. The van der Waals surface area contributed by atoms with Gasteiger partial charge < -0.3 is 25.2 Å². The molecule has 150 valence electrons. The number of Topliss-reactive ketones (excluding diaryl/α,β-unsaturated/α-hetero) is 1. The van der Waals surface area contributed by atoms with Gasteiger partial charge in [-0.25, -0.2) is 0 Å². The SMILES string of the molecule is COc1cccc2c1C(=O)c1c(O)c3c(c(O)c1C2=O)CC(C(=O)CO)CC3O. The first-order chi connectivity index (χ1) is 13.8. The van der Waals surface area contributed by atoms with Gasteiger partial charge in [0.1, 0.15) is 23.9 Å². The number of aliphatic hydroxyl groups is 2. The summed E-state index contributed by atoms with van der Waals surface area (Å²) in [6.45, 7) is -0.727. The normalized spacial score (nSPS) is 20.0. The van der Waals surface area contributed by atoms with Gasteiger partial charge in [-0.3, -0.25) is 14.4 Å². The van der Waals surface area contributed by atoms with Crippen LogP contribution in [0.15, 0.2) is 18.2 Å². The number of fused-ring (bicyclic) bond motifs is 3. The Kier molecular flexibility index (Phi) is 4.40. The van der Waals surface area contributed by atoms with Gasteiger partial charge in [-0.2, -0.15) is 0 Å². The second-order valence-electron chi connectivity index (χ2n) is 7.16. The maximum absolute atomic E-state index is 13.1. The van der Waals surface area contributed by atoms with Gasteiger partial charge in [-0.1, -0.05) is 12.1 Å². The van der Waals surface area contributed by atoms with E-state index in [-0.39, 0.29) is 46.4 Å². The van der Waals surface area contributed by atoms with Gasteiger partial charge in [0.2, 0.25) is 5.78 Å². The Labute approximate surface area is 165 Å². The third-order valence-electron chi connectivity index (χ3n) is 5.66. The second-order valence-corrected chi connectivity index (χ2v) is 7.16. The molecule has 2 aromatic rings. The molecule has 29 heavy (non-hydrogen) atoms. The molecule has 2 aromatic carbocycles. The molecule has 0 aliphatic heterocycles. The molecular formula is C21H18O8. The molecule has 0 amide bonds. The van der Waals surface area contributed by atoms with Crippen molar-refractivity contribution in [3.05, 3.63) is 51.6 Å². The predicted octanol–water partition coefficient (Wildman–Crippen LogP) is 1.04. The number of phenolic OH excluding ortho intramolecular Hbond substituents is 2. The number of carbonyl (C=O) groups is 3. The zero-order valence-corrected chi connectivity index (χ0v) is 15.4. The minimum absolute atomic E-state index is 0.0239. The zero-order chi connectivity index (χ0) is 21.0. The number of ketones is 3. The molecule has 0 saturated carbocycles. The minimum Gasteiger partial charge on any atom is -0.507 e. The number of carbonyl (C=O) groups excluding carboxylic acids is 3. The van der Waals surface area contributed by atoms with Gasteiger partial charge in [0, 0.05) is 22.6 Å². The van der Waals surface area contributed by atoms with Gasteiger partial charge in [0.25, 0.3) is 0 Å². The van der Waals surface area contributed by atoms with Crippen LogP contribution >= 0.6 is 0 Å². The summed E-state index contributed by atoms with van der Waals surface area (Å²) in [7, 11) is 1.34. The highest BCUT2D eigenvalue weighted by Gasteiger charge is 2.42. The number of phenols is 2. The van der Waals surface area contributed by atoms with E-state index in [4.69, 9.17) is 9.84 Å². The lowest BCUT2D eigenvalue weighted by Crippen LogP contribution is -2.30. The Bertz CT molecular complexity index is 1080. The Balaban J connectivity index is 1.98. The number of benzene rings is 2. The van der Waals surface area contributed by atoms with Crippen LogP contribution in [0.2, 0.25) is 0 Å². The number of methoxy groups -OCH3 is 1. The molecule has 0 saturated heterocycles. The Morgan fingerprint density at radius 3 is 2.45 bits per heavy atom. The fourth-order valence-electron chi connectivity index (χ4n) is 4.28. The summed E-state index contributed by atoms with van der Waals surface area (Å²) in [6.07, 6.45) is -1.51. The van der Waals surface area contributed by atoms with Crippen molar-refractivity contribution < 1.29 is 39.5 Å². The van der Waals surface area contributed by atoms with Crippen LogP contribution in [0.1, 0.15) is 55.5 Å². The predicted molar refractivity (Wildman–Crippen MR) is 98.5 cm³/mol. The van der Waals surface area contributed by atoms with Crippen LogP contribution in [0.3, 0.4) is 0 Å². The van der Waals surface area contributed by atoms with Gasteiger partial charge in [0.05, 0.1) is 29.9 Å². The summed E-state index contributed by atoms with van der Waals surface area (Å²) in [5.74, 6) is -3.68. The van der Waals surface area contributed by atoms with E-state index < -0.39 is 53.0 Å². The molecule has 2 aliphatic carbocycles. The molecule has 0 spiro atoms. The zero-order valence-electron chi connectivity index (χ0n) is 15.4. The lowest BCUT2D eigenvalue weighted by molar-refractivity contribution is -0.127. The fourth-order valence-corrected chi connectivity index (χ4v) is 4.28. The van der Waals surface area contributed by atoms with Crippen molar-refractivity contribution in [2.45, 2.75) is 18.9 Å². The molecule has 2 unspecified atom stereocenters. The van der Waals surface area contributed by atoms with Crippen molar-refractivity contribution in [2.75, 3.05) is 13.7 Å². The molecule has 8 nitrogen and oxygen atoms in total. The van der Waals surface area contributed by atoms with E-state index in [2.05, 4.69) is 0 Å². The van der Waals surface area contributed by atoms with Gasteiger partial charge in [0.15, 0.2) is 11.6 Å². The van der Waals surface area contributed by atoms with Gasteiger partial charge in [-0.15, -0.1) is 0 Å². The topological polar surface area (TPSA) is 141 Å². The number of aromatic hydroxyl groups is 2. The lowest BCUT2D eigenvalue weighted by Gasteiger charge is -2.32. The number of rotatable bonds is 3. The summed E-state index contributed by atoms with van der Waals surface area (Å²) in [6, 6.07) is 4.46. The summed E-state index contributed by atoms with van der Waals surface area (Å²) in [5, 5.41) is 41.3. The van der Waals surface area contributed by atoms with Crippen LogP contribution in [0.4, 0.5) is 0 Å². The van der Waals surface area contributed by atoms with E-state index in [9.17, 15) is 29.7 Å². The molecule has 0 aromatic heterocycles. The molecule has 0 heterocycles. The fraction of sp³-hybridized carbons (Fsp3) is 0.286. The summed E-state index contributed by atoms with van der Waals surface area (Å²) in [5.41, 5.74) is -0.816. The van der Waals surface area contributed by atoms with Crippen molar-refractivity contribution in [3.8, 4) is 17.2 Å². The van der Waals surface area contributed by atoms with Crippen molar-refractivity contribution in [3.63, 3.8) is 0 Å². The Hall–Kier alpha value is -3.23. The molecule has 0 fully saturated rings. The van der Waals surface area contributed by atoms with E-state index in [1.54, 1.807) is 0 Å². The first kappa shape index (κ1) is 19.1. The molecule has 2 aliphatic rings. The first-order valence-corrected chi connectivity index (χ1v) is 9.00. The van der Waals surface area contributed by atoms with E-state index in [1.165, 1.54) is 25.3 Å². The van der Waals surface area contributed by atoms with E-state index in [1.807, 2.05) is 0 Å². The van der Waals surface area contributed by atoms with E-state index >= 15 is 0 Å². The third-order valence-corrected chi connectivity index (χ3v) is 5.66. The monoisotopic (exact) mass is 398 g/mol. The second kappa shape index (κ2) is 6.68. The van der Waals surface area contributed by atoms with Crippen LogP contribution in [0.5, 0.6) is 17.2 Å². The molecule has 8 heteroatoms. The standard InChI is InChI=1S/C21H18O8/c1-29-13-4-2-3-9-15(13)21(28)17-16(18(9)25)19(26)10-5-8(12(24)7-22)6-11(23)14(10)20(17)27/h2-4,8,11,22-23,26-27H,5-7H2,1H3. The summed E-state index contributed by atoms with van der Waals surface area (Å²) >= 11 is 0. The summed E-state index contributed by atoms with van der Waals surface area (Å²) < 4.78 is 5.18. The maximum atomic E-state index is 13.1. The minimum atomic E-state index is -1.35. The lowest BCUT2D eigenvalue weighted by atomic mass is 9.74. The quantitative estimate of drug-likeness (QED) is 0.480. The highest BCUT2D eigenvalue weighted by Crippen LogP contribution is 2.50. The smallest absolute Gasteiger partial charge is 0.202 e. The van der Waals surface area contributed by atoms with Gasteiger partial charge >= 0.3 is 0 Å². The van der Waals surface area contributed by atoms with Crippen LogP contribution < -0.4 is 4.74 Å². The Morgan fingerprint density at radius 1 is 1.10 bits per heavy atom.